The second-order valence-corrected chi connectivity index (χ2v) is 3.95. The summed E-state index contributed by atoms with van der Waals surface area (Å²) in [5, 5.41) is 17.9. The molecular formula is C12H22O6. The van der Waals surface area contributed by atoms with Gasteiger partial charge >= 0.3 is 11.9 Å². The van der Waals surface area contributed by atoms with Gasteiger partial charge in [0.05, 0.1) is 7.11 Å². The first-order valence-electron chi connectivity index (χ1n) is 6.15. The molecule has 18 heavy (non-hydrogen) atoms. The Bertz CT molecular complexity index is 241. The second kappa shape index (κ2) is 11.0. The quantitative estimate of drug-likeness (QED) is 0.343. The van der Waals surface area contributed by atoms with Gasteiger partial charge in [0.2, 0.25) is 6.29 Å². The third-order valence-electron chi connectivity index (χ3n) is 2.37. The van der Waals surface area contributed by atoms with Gasteiger partial charge in [-0.3, -0.25) is 9.59 Å². The van der Waals surface area contributed by atoms with Crippen LogP contribution in [0.2, 0.25) is 0 Å². The monoisotopic (exact) mass is 262 g/mol. The highest BCUT2D eigenvalue weighted by atomic mass is 16.6. The highest BCUT2D eigenvalue weighted by molar-refractivity contribution is 5.70. The Labute approximate surface area is 107 Å². The summed E-state index contributed by atoms with van der Waals surface area (Å²) in [5.74, 6) is -0.774. The molecule has 6 nitrogen and oxygen atoms in total. The highest BCUT2D eigenvalue weighted by Gasteiger charge is 2.10. The van der Waals surface area contributed by atoms with E-state index in [2.05, 4.69) is 4.74 Å². The number of aliphatic hydroxyl groups excluding tert-OH is 2. The SMILES string of the molecule is COC(=O)CCCCC(=O)OC(O)CCCCO. The standard InChI is InChI=1S/C12H22O6/c1-17-10(14)6-2-3-7-11(15)18-12(16)8-4-5-9-13/h12-13,16H,2-9H2,1H3. The largest absolute Gasteiger partial charge is 0.469 e. The molecule has 0 bridgehead atoms. The Morgan fingerprint density at radius 3 is 2.22 bits per heavy atom. The van der Waals surface area contributed by atoms with E-state index in [1.165, 1.54) is 7.11 Å². The number of ether oxygens (including phenoxy) is 2. The first-order chi connectivity index (χ1) is 8.60. The number of carbonyl (C=O) groups excluding carboxylic acids is 2. The van der Waals surface area contributed by atoms with E-state index in [1.54, 1.807) is 0 Å². The van der Waals surface area contributed by atoms with E-state index < -0.39 is 12.3 Å². The molecule has 0 aliphatic heterocycles. The van der Waals surface area contributed by atoms with Gasteiger partial charge in [-0.15, -0.1) is 0 Å². The van der Waals surface area contributed by atoms with E-state index in [4.69, 9.17) is 9.84 Å². The van der Waals surface area contributed by atoms with Crippen LogP contribution in [0.3, 0.4) is 0 Å². The highest BCUT2D eigenvalue weighted by Crippen LogP contribution is 2.06. The molecule has 0 spiro atoms. The van der Waals surface area contributed by atoms with E-state index in [9.17, 15) is 14.7 Å². The van der Waals surface area contributed by atoms with Crippen molar-refractivity contribution in [2.45, 2.75) is 51.2 Å². The van der Waals surface area contributed by atoms with Gasteiger partial charge in [-0.2, -0.15) is 0 Å². The Balaban J connectivity index is 3.49. The van der Waals surface area contributed by atoms with Gasteiger partial charge < -0.3 is 19.7 Å². The summed E-state index contributed by atoms with van der Waals surface area (Å²) < 4.78 is 9.21. The summed E-state index contributed by atoms with van der Waals surface area (Å²) in [6, 6.07) is 0. The maximum absolute atomic E-state index is 11.3. The molecule has 0 rings (SSSR count). The first kappa shape index (κ1) is 16.9. The van der Waals surface area contributed by atoms with Gasteiger partial charge in [0.25, 0.3) is 0 Å². The van der Waals surface area contributed by atoms with Gasteiger partial charge in [0, 0.05) is 25.9 Å². The second-order valence-electron chi connectivity index (χ2n) is 3.95. The number of aliphatic hydroxyl groups is 2. The minimum atomic E-state index is -1.11. The number of hydrogen-bond acceptors (Lipinski definition) is 6. The lowest BCUT2D eigenvalue weighted by atomic mass is 10.2. The number of carbonyl (C=O) groups is 2. The molecule has 0 aromatic rings. The van der Waals surface area contributed by atoms with E-state index in [1.807, 2.05) is 0 Å². The van der Waals surface area contributed by atoms with Crippen LogP contribution in [0.4, 0.5) is 0 Å². The van der Waals surface area contributed by atoms with Crippen LogP contribution >= 0.6 is 0 Å². The first-order valence-corrected chi connectivity index (χ1v) is 6.15. The third kappa shape index (κ3) is 10.0. The van der Waals surface area contributed by atoms with Crippen molar-refractivity contribution in [1.29, 1.82) is 0 Å². The van der Waals surface area contributed by atoms with Crippen LogP contribution in [0.5, 0.6) is 0 Å². The van der Waals surface area contributed by atoms with Crippen LogP contribution in [-0.2, 0) is 19.1 Å². The fourth-order valence-corrected chi connectivity index (χ4v) is 1.34. The number of unbranched alkanes of at least 4 members (excludes halogenated alkanes) is 2. The molecule has 6 heteroatoms. The van der Waals surface area contributed by atoms with Crippen molar-refractivity contribution in [3.8, 4) is 0 Å². The predicted molar refractivity (Wildman–Crippen MR) is 63.5 cm³/mol. The number of methoxy groups -OCH3 is 1. The lowest BCUT2D eigenvalue weighted by Gasteiger charge is -2.11. The Kier molecular flexibility index (Phi) is 10.3. The summed E-state index contributed by atoms with van der Waals surface area (Å²) >= 11 is 0. The molecule has 0 aliphatic rings. The molecule has 1 atom stereocenters. The molecule has 106 valence electrons. The summed E-state index contributed by atoms with van der Waals surface area (Å²) in [4.78, 5) is 22.0. The zero-order valence-electron chi connectivity index (χ0n) is 10.8. The molecule has 2 N–H and O–H groups in total. The van der Waals surface area contributed by atoms with Crippen LogP contribution in [0.15, 0.2) is 0 Å². The van der Waals surface area contributed by atoms with E-state index >= 15 is 0 Å². The summed E-state index contributed by atoms with van der Waals surface area (Å²) in [5.41, 5.74) is 0. The zero-order chi connectivity index (χ0) is 13.8. The smallest absolute Gasteiger partial charge is 0.308 e. The van der Waals surface area contributed by atoms with Gasteiger partial charge in [0.15, 0.2) is 0 Å². The number of hydrogen-bond donors (Lipinski definition) is 2. The lowest BCUT2D eigenvalue weighted by Crippen LogP contribution is -2.17. The average Bonchev–Trinajstić information content (AvgIpc) is 2.34. The molecule has 1 unspecified atom stereocenters. The topological polar surface area (TPSA) is 93.1 Å². The van der Waals surface area contributed by atoms with Crippen molar-refractivity contribution in [2.24, 2.45) is 0 Å². The third-order valence-corrected chi connectivity index (χ3v) is 2.37. The molecule has 0 amide bonds. The summed E-state index contributed by atoms with van der Waals surface area (Å²) in [6.45, 7) is 0.0637. The molecule has 0 heterocycles. The maximum atomic E-state index is 11.3. The minimum absolute atomic E-state index is 0.0637. The van der Waals surface area contributed by atoms with E-state index in [0.29, 0.717) is 32.1 Å². The maximum Gasteiger partial charge on any atom is 0.308 e. The molecule has 0 saturated heterocycles. The van der Waals surface area contributed by atoms with Crippen LogP contribution in [-0.4, -0.2) is 42.2 Å². The van der Waals surface area contributed by atoms with Gasteiger partial charge in [-0.05, 0) is 25.7 Å². The fourth-order valence-electron chi connectivity index (χ4n) is 1.34. The van der Waals surface area contributed by atoms with Crippen LogP contribution < -0.4 is 0 Å². The average molecular weight is 262 g/mol. The van der Waals surface area contributed by atoms with Gasteiger partial charge in [-0.1, -0.05) is 0 Å². The van der Waals surface area contributed by atoms with Crippen LogP contribution in [0, 0.1) is 0 Å². The van der Waals surface area contributed by atoms with Crippen molar-refractivity contribution < 1.29 is 29.3 Å². The summed E-state index contributed by atoms with van der Waals surface area (Å²) in [6.07, 6.45) is 1.94. The van der Waals surface area contributed by atoms with Crippen molar-refractivity contribution in [3.63, 3.8) is 0 Å². The van der Waals surface area contributed by atoms with E-state index in [0.717, 1.165) is 0 Å². The molecule has 0 fully saturated rings. The molecule has 0 radical (unpaired) electrons. The summed E-state index contributed by atoms with van der Waals surface area (Å²) in [7, 11) is 1.32. The van der Waals surface area contributed by atoms with Gasteiger partial charge in [0.1, 0.15) is 0 Å². The molecular weight excluding hydrogens is 240 g/mol. The van der Waals surface area contributed by atoms with Gasteiger partial charge in [-0.25, -0.2) is 0 Å². The van der Waals surface area contributed by atoms with Crippen molar-refractivity contribution in [3.05, 3.63) is 0 Å². The van der Waals surface area contributed by atoms with Crippen LogP contribution in [0.25, 0.3) is 0 Å². The Morgan fingerprint density at radius 1 is 1.06 bits per heavy atom. The molecule has 0 aliphatic carbocycles. The normalized spacial score (nSPS) is 11.9. The van der Waals surface area contributed by atoms with Crippen molar-refractivity contribution in [2.75, 3.05) is 13.7 Å². The molecule has 0 saturated carbocycles. The van der Waals surface area contributed by atoms with Crippen LogP contribution in [0.1, 0.15) is 44.9 Å². The number of rotatable bonds is 10. The Hall–Kier alpha value is -1.14. The minimum Gasteiger partial charge on any atom is -0.469 e. The molecule has 0 aromatic carbocycles. The lowest BCUT2D eigenvalue weighted by molar-refractivity contribution is -0.169. The number of esters is 2. The van der Waals surface area contributed by atoms with Crippen molar-refractivity contribution >= 4 is 11.9 Å². The van der Waals surface area contributed by atoms with E-state index in [-0.39, 0.29) is 25.4 Å². The van der Waals surface area contributed by atoms with Crippen molar-refractivity contribution in [1.82, 2.24) is 0 Å². The zero-order valence-corrected chi connectivity index (χ0v) is 10.8. The fraction of sp³-hybridized carbons (Fsp3) is 0.833. The predicted octanol–water partition coefficient (Wildman–Crippen LogP) is 0.744. The molecule has 0 aromatic heterocycles. The Morgan fingerprint density at radius 2 is 1.67 bits per heavy atom.